The van der Waals surface area contributed by atoms with Crippen molar-refractivity contribution >= 4 is 42.5 Å². The Bertz CT molecular complexity index is 808. The minimum absolute atomic E-state index is 0.00122. The number of nitrogens with zero attached hydrogens (tertiary/aromatic N) is 1. The molecule has 0 heterocycles. The molecule has 4 unspecified atom stereocenters. The highest BCUT2D eigenvalue weighted by molar-refractivity contribution is 7.80. The number of carbonyl (C=O) groups excluding carboxylic acids is 5. The molecule has 1 saturated carbocycles. The predicted octanol–water partition coefficient (Wildman–Crippen LogP) is 0.539. The summed E-state index contributed by atoms with van der Waals surface area (Å²) in [6.07, 6.45) is 9.18. The third kappa shape index (κ3) is 11.9. The van der Waals surface area contributed by atoms with Gasteiger partial charge < -0.3 is 27.8 Å². The van der Waals surface area contributed by atoms with Crippen LogP contribution in [-0.2, 0) is 24.0 Å². The fourth-order valence-corrected chi connectivity index (χ4v) is 5.03. The van der Waals surface area contributed by atoms with Crippen LogP contribution in [0.5, 0.6) is 0 Å². The van der Waals surface area contributed by atoms with Gasteiger partial charge in [-0.05, 0) is 51.0 Å². The normalized spacial score (nSPS) is 17.9. The van der Waals surface area contributed by atoms with Crippen molar-refractivity contribution in [2.75, 3.05) is 12.3 Å². The summed E-state index contributed by atoms with van der Waals surface area (Å²) in [5.41, 5.74) is 17.8. The molecular weight excluding hydrogens is 520 g/mol. The lowest BCUT2D eigenvalue weighted by atomic mass is 9.84. The van der Waals surface area contributed by atoms with Gasteiger partial charge in [0.05, 0.1) is 12.1 Å². The Morgan fingerprint density at radius 1 is 0.949 bits per heavy atom. The number of thiol groups is 1. The fraction of sp³-hybridized carbons (Fsp3) is 0.815. The molecule has 0 spiro atoms. The Kier molecular flexibility index (Phi) is 16.5. The first kappa shape index (κ1) is 35.0. The fourth-order valence-electron chi connectivity index (χ4n) is 4.86. The van der Waals surface area contributed by atoms with Crippen molar-refractivity contribution in [3.63, 3.8) is 0 Å². The molecule has 1 rings (SSSR count). The number of unbranched alkanes of at least 4 members (excludes halogenated alkanes) is 1. The Labute approximate surface area is 238 Å². The predicted molar refractivity (Wildman–Crippen MR) is 154 cm³/mol. The Hall–Kier alpha value is -2.02. The van der Waals surface area contributed by atoms with Crippen LogP contribution < -0.4 is 27.8 Å². The van der Waals surface area contributed by atoms with Gasteiger partial charge in [0.1, 0.15) is 18.1 Å². The van der Waals surface area contributed by atoms with E-state index < -0.39 is 53.8 Å². The van der Waals surface area contributed by atoms with Crippen LogP contribution >= 0.6 is 12.6 Å². The number of imide groups is 1. The molecule has 4 amide bonds. The van der Waals surface area contributed by atoms with Gasteiger partial charge in [-0.3, -0.25) is 28.9 Å². The third-order valence-corrected chi connectivity index (χ3v) is 7.45. The molecule has 5 atom stereocenters. The average molecular weight is 570 g/mol. The molecule has 0 aromatic carbocycles. The first-order chi connectivity index (χ1) is 18.5. The van der Waals surface area contributed by atoms with E-state index in [0.717, 1.165) is 37.0 Å². The van der Waals surface area contributed by atoms with E-state index in [0.29, 0.717) is 32.2 Å². The Morgan fingerprint density at radius 3 is 2.13 bits per heavy atom. The van der Waals surface area contributed by atoms with E-state index in [1.54, 1.807) is 6.29 Å². The number of hydrogen-bond donors (Lipinski definition) is 6. The maximum absolute atomic E-state index is 13.8. The highest BCUT2D eigenvalue weighted by Gasteiger charge is 2.40. The lowest BCUT2D eigenvalue weighted by Crippen LogP contribution is -2.62. The molecule has 1 fully saturated rings. The number of rotatable bonds is 17. The second-order valence-electron chi connectivity index (χ2n) is 11.0. The lowest BCUT2D eigenvalue weighted by Gasteiger charge is -2.35. The van der Waals surface area contributed by atoms with Crippen LogP contribution in [0.3, 0.4) is 0 Å². The van der Waals surface area contributed by atoms with E-state index in [9.17, 15) is 24.0 Å². The summed E-state index contributed by atoms with van der Waals surface area (Å²) < 4.78 is 0. The van der Waals surface area contributed by atoms with Crippen molar-refractivity contribution in [1.29, 1.82) is 0 Å². The number of hydrogen-bond acceptors (Lipinski definition) is 9. The Morgan fingerprint density at radius 2 is 1.59 bits per heavy atom. The SMILES string of the molecule is CC(C)CC(C(=O)NC([C]=O)CS)N(C(=O)C(C)NC(=O)C(N)CCCCN)C(=O)[C@@H](N)CC1CCCCC1. The van der Waals surface area contributed by atoms with Gasteiger partial charge in [-0.1, -0.05) is 52.4 Å². The highest BCUT2D eigenvalue weighted by Crippen LogP contribution is 2.28. The maximum atomic E-state index is 13.8. The first-order valence-electron chi connectivity index (χ1n) is 14.1. The van der Waals surface area contributed by atoms with Crippen LogP contribution in [0.25, 0.3) is 0 Å². The minimum Gasteiger partial charge on any atom is -0.343 e. The van der Waals surface area contributed by atoms with Crippen LogP contribution in [0.2, 0.25) is 0 Å². The molecule has 39 heavy (non-hydrogen) atoms. The molecule has 0 aromatic heterocycles. The summed E-state index contributed by atoms with van der Waals surface area (Å²) in [5.74, 6) is -2.50. The molecule has 0 aliphatic heterocycles. The van der Waals surface area contributed by atoms with E-state index >= 15 is 0 Å². The number of amides is 4. The average Bonchev–Trinajstić information content (AvgIpc) is 2.91. The number of carbonyl (C=O) groups is 4. The molecule has 12 heteroatoms. The highest BCUT2D eigenvalue weighted by atomic mass is 32.1. The van der Waals surface area contributed by atoms with Gasteiger partial charge in [0, 0.05) is 5.75 Å². The van der Waals surface area contributed by atoms with Crippen LogP contribution in [-0.4, -0.2) is 77.3 Å². The molecule has 0 aromatic rings. The van der Waals surface area contributed by atoms with Crippen LogP contribution in [0.15, 0.2) is 0 Å². The van der Waals surface area contributed by atoms with Crippen molar-refractivity contribution in [3.8, 4) is 0 Å². The zero-order chi connectivity index (χ0) is 29.5. The zero-order valence-electron chi connectivity index (χ0n) is 23.7. The molecule has 0 saturated heterocycles. The van der Waals surface area contributed by atoms with E-state index in [1.807, 2.05) is 13.8 Å². The lowest BCUT2D eigenvalue weighted by molar-refractivity contribution is -0.155. The molecular formula is C27H49N6O5S. The number of nitrogens with two attached hydrogens (primary N) is 3. The first-order valence-corrected chi connectivity index (χ1v) is 14.8. The zero-order valence-corrected chi connectivity index (χ0v) is 24.6. The van der Waals surface area contributed by atoms with Crippen molar-refractivity contribution in [1.82, 2.24) is 15.5 Å². The smallest absolute Gasteiger partial charge is 0.252 e. The minimum atomic E-state index is -1.24. The van der Waals surface area contributed by atoms with E-state index in [2.05, 4.69) is 23.3 Å². The van der Waals surface area contributed by atoms with Crippen LogP contribution in [0, 0.1) is 11.8 Å². The van der Waals surface area contributed by atoms with E-state index in [-0.39, 0.29) is 24.0 Å². The summed E-state index contributed by atoms with van der Waals surface area (Å²) in [6, 6.07) is -5.25. The second-order valence-corrected chi connectivity index (χ2v) is 11.4. The van der Waals surface area contributed by atoms with Gasteiger partial charge in [0.15, 0.2) is 0 Å². The van der Waals surface area contributed by atoms with Crippen LogP contribution in [0.1, 0.15) is 85.0 Å². The van der Waals surface area contributed by atoms with Crippen molar-refractivity contribution in [2.24, 2.45) is 29.0 Å². The van der Waals surface area contributed by atoms with Crippen molar-refractivity contribution in [3.05, 3.63) is 0 Å². The summed E-state index contributed by atoms with van der Waals surface area (Å²) in [6.45, 7) is 5.63. The van der Waals surface area contributed by atoms with E-state index in [4.69, 9.17) is 17.2 Å². The van der Waals surface area contributed by atoms with Crippen molar-refractivity contribution in [2.45, 2.75) is 115 Å². The molecule has 223 valence electrons. The monoisotopic (exact) mass is 569 g/mol. The maximum Gasteiger partial charge on any atom is 0.252 e. The standard InChI is InChI=1S/C27H49N6O5S/c1-17(2)13-23(25(36)32-20(15-34)16-39)33(27(38)22(30)14-19-9-5-4-6-10-19)26(37)18(3)31-24(35)21(29)11-7-8-12-28/h17-23,39H,4-14,16,28-30H2,1-3H3,(H,31,35)(H,32,36)/t18?,20?,21?,22-,23?/m0/s1. The van der Waals surface area contributed by atoms with Gasteiger partial charge >= 0.3 is 0 Å². The van der Waals surface area contributed by atoms with Gasteiger partial charge in [-0.2, -0.15) is 12.6 Å². The van der Waals surface area contributed by atoms with Gasteiger partial charge in [-0.15, -0.1) is 0 Å². The summed E-state index contributed by atoms with van der Waals surface area (Å²) in [5, 5.41) is 5.10. The topological polar surface area (TPSA) is 191 Å². The largest absolute Gasteiger partial charge is 0.343 e. The molecule has 8 N–H and O–H groups in total. The van der Waals surface area contributed by atoms with Crippen molar-refractivity contribution < 1.29 is 24.0 Å². The molecule has 1 aliphatic rings. The third-order valence-electron chi connectivity index (χ3n) is 7.09. The summed E-state index contributed by atoms with van der Waals surface area (Å²) in [7, 11) is 0. The molecule has 0 bridgehead atoms. The molecule has 1 radical (unpaired) electrons. The molecule has 11 nitrogen and oxygen atoms in total. The van der Waals surface area contributed by atoms with Gasteiger partial charge in [0.2, 0.25) is 24.0 Å². The Balaban J connectivity index is 3.25. The summed E-state index contributed by atoms with van der Waals surface area (Å²) in [4.78, 5) is 65.7. The molecule has 1 aliphatic carbocycles. The van der Waals surface area contributed by atoms with E-state index in [1.165, 1.54) is 6.92 Å². The second kappa shape index (κ2) is 18.4. The van der Waals surface area contributed by atoms with Gasteiger partial charge in [-0.25, -0.2) is 0 Å². The summed E-state index contributed by atoms with van der Waals surface area (Å²) >= 11 is 4.06. The quantitative estimate of drug-likeness (QED) is 0.108. The number of nitrogens with one attached hydrogen (secondary N) is 2. The van der Waals surface area contributed by atoms with Crippen LogP contribution in [0.4, 0.5) is 0 Å². The van der Waals surface area contributed by atoms with Gasteiger partial charge in [0.25, 0.3) is 5.91 Å².